The van der Waals surface area contributed by atoms with Gasteiger partial charge in [-0.05, 0) is 25.1 Å². The van der Waals surface area contributed by atoms with Crippen molar-refractivity contribution in [2.24, 2.45) is 0 Å². The van der Waals surface area contributed by atoms with Gasteiger partial charge >= 0.3 is 12.1 Å². The van der Waals surface area contributed by atoms with Gasteiger partial charge in [0, 0.05) is 6.04 Å². The third-order valence-corrected chi connectivity index (χ3v) is 3.90. The van der Waals surface area contributed by atoms with Gasteiger partial charge < -0.3 is 5.11 Å². The van der Waals surface area contributed by atoms with Crippen LogP contribution in [0.3, 0.4) is 0 Å². The number of sulfonamides is 1. The van der Waals surface area contributed by atoms with E-state index in [1.54, 1.807) is 0 Å². The molecule has 1 aromatic carbocycles. The Balaban J connectivity index is 3.02. The average molecular weight is 311 g/mol. The van der Waals surface area contributed by atoms with Gasteiger partial charge in [0.25, 0.3) is 0 Å². The SMILES string of the molecule is C[C@H](CC(=O)O)NS(=O)(=O)c1cccc(C(F)(F)F)c1. The third-order valence-electron chi connectivity index (χ3n) is 2.31. The Morgan fingerprint density at radius 1 is 1.40 bits per heavy atom. The average Bonchev–Trinajstić information content (AvgIpc) is 2.26. The maximum absolute atomic E-state index is 12.5. The van der Waals surface area contributed by atoms with Crippen LogP contribution >= 0.6 is 0 Å². The maximum Gasteiger partial charge on any atom is 0.416 e. The second-order valence-corrected chi connectivity index (χ2v) is 5.86. The molecule has 1 rings (SSSR count). The van der Waals surface area contributed by atoms with E-state index >= 15 is 0 Å². The van der Waals surface area contributed by atoms with Crippen LogP contribution in [-0.2, 0) is 21.0 Å². The number of rotatable bonds is 5. The van der Waals surface area contributed by atoms with Crippen molar-refractivity contribution in [1.82, 2.24) is 4.72 Å². The van der Waals surface area contributed by atoms with E-state index in [0.717, 1.165) is 18.2 Å². The van der Waals surface area contributed by atoms with Gasteiger partial charge in [0.05, 0.1) is 16.9 Å². The summed E-state index contributed by atoms with van der Waals surface area (Å²) >= 11 is 0. The van der Waals surface area contributed by atoms with Gasteiger partial charge in [-0.3, -0.25) is 4.79 Å². The molecule has 0 aromatic heterocycles. The topological polar surface area (TPSA) is 83.5 Å². The van der Waals surface area contributed by atoms with Crippen molar-refractivity contribution in [3.8, 4) is 0 Å². The minimum atomic E-state index is -4.65. The lowest BCUT2D eigenvalue weighted by Gasteiger charge is -2.13. The molecule has 0 heterocycles. The minimum absolute atomic E-state index is 0.474. The quantitative estimate of drug-likeness (QED) is 0.869. The largest absolute Gasteiger partial charge is 0.481 e. The number of carboxylic acids is 1. The third kappa shape index (κ3) is 4.49. The Bertz CT molecular complexity index is 598. The van der Waals surface area contributed by atoms with Crippen molar-refractivity contribution in [3.05, 3.63) is 29.8 Å². The van der Waals surface area contributed by atoms with E-state index in [9.17, 15) is 26.4 Å². The number of benzene rings is 1. The molecule has 0 aliphatic heterocycles. The molecule has 0 spiro atoms. The van der Waals surface area contributed by atoms with Crippen LogP contribution in [0.5, 0.6) is 0 Å². The van der Waals surface area contributed by atoms with Crippen molar-refractivity contribution >= 4 is 16.0 Å². The molecule has 1 aromatic rings. The molecular weight excluding hydrogens is 299 g/mol. The molecule has 0 unspecified atom stereocenters. The summed E-state index contributed by atoms with van der Waals surface area (Å²) in [5, 5.41) is 8.52. The van der Waals surface area contributed by atoms with Crippen LogP contribution in [-0.4, -0.2) is 25.5 Å². The molecule has 0 radical (unpaired) electrons. The van der Waals surface area contributed by atoms with Crippen LogP contribution in [0.15, 0.2) is 29.2 Å². The monoisotopic (exact) mass is 311 g/mol. The fraction of sp³-hybridized carbons (Fsp3) is 0.364. The first-order valence-electron chi connectivity index (χ1n) is 5.44. The number of carbonyl (C=O) groups is 1. The maximum atomic E-state index is 12.5. The fourth-order valence-corrected chi connectivity index (χ4v) is 2.77. The highest BCUT2D eigenvalue weighted by atomic mass is 32.2. The van der Waals surface area contributed by atoms with Gasteiger partial charge in [0.15, 0.2) is 0 Å². The Hall–Kier alpha value is -1.61. The van der Waals surface area contributed by atoms with Gasteiger partial charge in [-0.1, -0.05) is 6.07 Å². The van der Waals surface area contributed by atoms with Gasteiger partial charge in [-0.15, -0.1) is 0 Å². The zero-order valence-corrected chi connectivity index (χ0v) is 11.1. The molecule has 0 bridgehead atoms. The summed E-state index contributed by atoms with van der Waals surface area (Å²) in [5.74, 6) is -1.22. The fourth-order valence-electron chi connectivity index (χ4n) is 1.48. The van der Waals surface area contributed by atoms with Crippen LogP contribution in [0, 0.1) is 0 Å². The van der Waals surface area contributed by atoms with Crippen LogP contribution in [0.25, 0.3) is 0 Å². The molecule has 0 saturated carbocycles. The van der Waals surface area contributed by atoms with Crippen LogP contribution < -0.4 is 4.72 Å². The number of carboxylic acid groups (broad SMARTS) is 1. The highest BCUT2D eigenvalue weighted by Crippen LogP contribution is 2.30. The van der Waals surface area contributed by atoms with E-state index in [4.69, 9.17) is 5.11 Å². The van der Waals surface area contributed by atoms with E-state index in [1.165, 1.54) is 6.92 Å². The summed E-state index contributed by atoms with van der Waals surface area (Å²) in [7, 11) is -4.20. The molecule has 112 valence electrons. The lowest BCUT2D eigenvalue weighted by Crippen LogP contribution is -2.34. The first kappa shape index (κ1) is 16.4. The Kier molecular flexibility index (Phi) is 4.77. The predicted octanol–water partition coefficient (Wildman–Crippen LogP) is 1.85. The summed E-state index contributed by atoms with van der Waals surface area (Å²) in [6.07, 6.45) is -5.13. The molecule has 0 aliphatic rings. The van der Waals surface area contributed by atoms with Crippen molar-refractivity contribution in [2.75, 3.05) is 0 Å². The zero-order chi connectivity index (χ0) is 15.6. The number of alkyl halides is 3. The highest BCUT2D eigenvalue weighted by molar-refractivity contribution is 7.89. The lowest BCUT2D eigenvalue weighted by molar-refractivity contribution is -0.138. The van der Waals surface area contributed by atoms with E-state index in [0.29, 0.717) is 6.07 Å². The van der Waals surface area contributed by atoms with Crippen molar-refractivity contribution in [3.63, 3.8) is 0 Å². The normalized spacial score (nSPS) is 14.0. The minimum Gasteiger partial charge on any atom is -0.481 e. The Morgan fingerprint density at radius 2 is 2.00 bits per heavy atom. The van der Waals surface area contributed by atoms with Crippen LogP contribution in [0.2, 0.25) is 0 Å². The number of nitrogens with one attached hydrogen (secondary N) is 1. The molecule has 0 amide bonds. The molecule has 5 nitrogen and oxygen atoms in total. The summed E-state index contributed by atoms with van der Waals surface area (Å²) in [5.41, 5.74) is -1.09. The number of halogens is 3. The first-order valence-corrected chi connectivity index (χ1v) is 6.92. The Labute approximate surface area is 113 Å². The zero-order valence-electron chi connectivity index (χ0n) is 10.3. The first-order chi connectivity index (χ1) is 9.02. The summed E-state index contributed by atoms with van der Waals surface area (Å²) in [6.45, 7) is 1.30. The van der Waals surface area contributed by atoms with E-state index in [1.807, 2.05) is 4.72 Å². The van der Waals surface area contributed by atoms with Gasteiger partial charge in [0.1, 0.15) is 0 Å². The van der Waals surface area contributed by atoms with Gasteiger partial charge in [-0.2, -0.15) is 13.2 Å². The molecule has 1 atom stereocenters. The summed E-state index contributed by atoms with van der Waals surface area (Å²) in [4.78, 5) is 9.87. The standard InChI is InChI=1S/C11H12F3NO4S/c1-7(5-10(16)17)15-20(18,19)9-4-2-3-8(6-9)11(12,13)14/h2-4,6-7,15H,5H2,1H3,(H,16,17)/t7-/m1/s1. The number of hydrogen-bond acceptors (Lipinski definition) is 3. The van der Waals surface area contributed by atoms with E-state index in [-0.39, 0.29) is 0 Å². The second-order valence-electron chi connectivity index (χ2n) is 4.15. The van der Waals surface area contributed by atoms with Gasteiger partial charge in [-0.25, -0.2) is 13.1 Å². The van der Waals surface area contributed by atoms with Crippen molar-refractivity contribution in [1.29, 1.82) is 0 Å². The number of aliphatic carboxylic acids is 1. The van der Waals surface area contributed by atoms with Crippen molar-refractivity contribution in [2.45, 2.75) is 30.5 Å². The highest BCUT2D eigenvalue weighted by Gasteiger charge is 2.31. The molecule has 2 N–H and O–H groups in total. The second kappa shape index (κ2) is 5.80. The molecular formula is C11H12F3NO4S. The molecule has 0 fully saturated rings. The van der Waals surface area contributed by atoms with Gasteiger partial charge in [0.2, 0.25) is 10.0 Å². The molecule has 20 heavy (non-hydrogen) atoms. The van der Waals surface area contributed by atoms with E-state index in [2.05, 4.69) is 0 Å². The molecule has 0 aliphatic carbocycles. The smallest absolute Gasteiger partial charge is 0.416 e. The van der Waals surface area contributed by atoms with Crippen LogP contribution in [0.1, 0.15) is 18.9 Å². The predicted molar refractivity (Wildman–Crippen MR) is 63.5 cm³/mol. The van der Waals surface area contributed by atoms with Crippen molar-refractivity contribution < 1.29 is 31.5 Å². The lowest BCUT2D eigenvalue weighted by atomic mass is 10.2. The summed E-state index contributed by atoms with van der Waals surface area (Å²) < 4.78 is 63.2. The van der Waals surface area contributed by atoms with E-state index < -0.39 is 45.1 Å². The number of hydrogen-bond donors (Lipinski definition) is 2. The molecule has 9 heteroatoms. The molecule has 0 saturated heterocycles. The summed E-state index contributed by atoms with van der Waals surface area (Å²) in [6, 6.07) is 2.28. The Morgan fingerprint density at radius 3 is 2.50 bits per heavy atom. The van der Waals surface area contributed by atoms with Crippen LogP contribution in [0.4, 0.5) is 13.2 Å².